The maximum atomic E-state index is 12.2. The molecule has 0 saturated heterocycles. The van der Waals surface area contributed by atoms with Gasteiger partial charge >= 0.3 is 5.69 Å². The van der Waals surface area contributed by atoms with Crippen LogP contribution < -0.4 is 10.1 Å². The molecule has 2 aromatic carbocycles. The summed E-state index contributed by atoms with van der Waals surface area (Å²) < 4.78 is 5.41. The molecule has 0 atom stereocenters. The third kappa shape index (κ3) is 6.50. The number of aromatic nitrogens is 1. The van der Waals surface area contributed by atoms with Crippen LogP contribution in [-0.2, 0) is 11.2 Å². The first-order chi connectivity index (χ1) is 15.0. The van der Waals surface area contributed by atoms with Crippen molar-refractivity contribution in [3.8, 4) is 5.75 Å². The first-order valence-corrected chi connectivity index (χ1v) is 9.93. The van der Waals surface area contributed by atoms with Crippen molar-refractivity contribution in [3.05, 3.63) is 99.9 Å². The van der Waals surface area contributed by atoms with Crippen LogP contribution in [0.15, 0.2) is 73.1 Å². The van der Waals surface area contributed by atoms with E-state index in [0.717, 1.165) is 24.0 Å². The number of benzene rings is 2. The summed E-state index contributed by atoms with van der Waals surface area (Å²) in [7, 11) is 0. The fourth-order valence-electron chi connectivity index (χ4n) is 2.91. The highest BCUT2D eigenvalue weighted by molar-refractivity contribution is 6.02. The molecule has 1 N–H and O–H groups in total. The Morgan fingerprint density at radius 1 is 1.10 bits per heavy atom. The van der Waals surface area contributed by atoms with E-state index in [2.05, 4.69) is 10.3 Å². The van der Waals surface area contributed by atoms with E-state index in [-0.39, 0.29) is 17.3 Å². The summed E-state index contributed by atoms with van der Waals surface area (Å²) in [6.07, 6.45) is 7.94. The third-order valence-electron chi connectivity index (χ3n) is 4.45. The molecule has 3 rings (SSSR count). The van der Waals surface area contributed by atoms with Gasteiger partial charge in [-0.15, -0.1) is 0 Å². The van der Waals surface area contributed by atoms with Crippen LogP contribution in [0.1, 0.15) is 30.0 Å². The van der Waals surface area contributed by atoms with Gasteiger partial charge in [0.15, 0.2) is 5.75 Å². The van der Waals surface area contributed by atoms with E-state index < -0.39 is 4.92 Å². The number of hydrogen-bond donors (Lipinski definition) is 1. The van der Waals surface area contributed by atoms with Crippen LogP contribution in [-0.4, -0.2) is 22.4 Å². The Labute approximate surface area is 180 Å². The van der Waals surface area contributed by atoms with Gasteiger partial charge in [0.2, 0.25) is 5.91 Å². The lowest BCUT2D eigenvalue weighted by Crippen LogP contribution is -2.07. The Morgan fingerprint density at radius 2 is 1.81 bits per heavy atom. The molecule has 1 aromatic heterocycles. The first-order valence-electron chi connectivity index (χ1n) is 9.93. The third-order valence-corrected chi connectivity index (χ3v) is 4.45. The van der Waals surface area contributed by atoms with Crippen LogP contribution in [0.4, 0.5) is 11.4 Å². The molecule has 0 unspecified atom stereocenters. The minimum atomic E-state index is -0.490. The smallest absolute Gasteiger partial charge is 0.311 e. The number of nitro benzene ring substituents is 1. The monoisotopic (exact) mass is 417 g/mol. The molecule has 0 bridgehead atoms. The van der Waals surface area contributed by atoms with E-state index in [4.69, 9.17) is 4.74 Å². The number of hydrogen-bond acceptors (Lipinski definition) is 5. The summed E-state index contributed by atoms with van der Waals surface area (Å²) in [5.74, 6) is -0.101. The van der Waals surface area contributed by atoms with Crippen LogP contribution in [0.5, 0.6) is 5.75 Å². The largest absolute Gasteiger partial charge is 0.487 e. The highest BCUT2D eigenvalue weighted by atomic mass is 16.6. The maximum absolute atomic E-state index is 12.2. The van der Waals surface area contributed by atoms with Gasteiger partial charge in [0.25, 0.3) is 0 Å². The van der Waals surface area contributed by atoms with Crippen LogP contribution in [0.25, 0.3) is 6.08 Å². The zero-order valence-electron chi connectivity index (χ0n) is 17.2. The maximum Gasteiger partial charge on any atom is 0.311 e. The fourth-order valence-corrected chi connectivity index (χ4v) is 2.91. The Morgan fingerprint density at radius 3 is 2.48 bits per heavy atom. The number of nitro groups is 1. The highest BCUT2D eigenvalue weighted by Gasteiger charge is 2.15. The standard InChI is InChI=1S/C24H23N3O4/c1-2-15-31-23-9-5-19(17-22(23)27(29)30)6-10-24(28)26-21-7-3-18(4-8-21)16-20-11-13-25-14-12-20/h3-14,17H,2,15-16H2,1H3,(H,26,28)/b10-6+. The van der Waals surface area contributed by atoms with Crippen LogP contribution in [0.3, 0.4) is 0 Å². The number of pyridine rings is 1. The Balaban J connectivity index is 1.61. The van der Waals surface area contributed by atoms with Crippen molar-refractivity contribution >= 4 is 23.4 Å². The van der Waals surface area contributed by atoms with Crippen molar-refractivity contribution in [1.82, 2.24) is 4.98 Å². The fraction of sp³-hybridized carbons (Fsp3) is 0.167. The number of nitrogens with zero attached hydrogens (tertiary/aromatic N) is 2. The normalized spacial score (nSPS) is 10.7. The molecule has 0 aliphatic carbocycles. The second-order valence-corrected chi connectivity index (χ2v) is 6.88. The average molecular weight is 417 g/mol. The van der Waals surface area contributed by atoms with Crippen LogP contribution in [0.2, 0.25) is 0 Å². The second kappa shape index (κ2) is 10.7. The Hall–Kier alpha value is -4.00. The molecule has 1 heterocycles. The summed E-state index contributed by atoms with van der Waals surface area (Å²) >= 11 is 0. The molecule has 0 spiro atoms. The van der Waals surface area contributed by atoms with Crippen molar-refractivity contribution in [2.45, 2.75) is 19.8 Å². The van der Waals surface area contributed by atoms with Gasteiger partial charge in [-0.3, -0.25) is 19.9 Å². The minimum absolute atomic E-state index is 0.124. The number of anilines is 1. The van der Waals surface area contributed by atoms with E-state index in [1.54, 1.807) is 24.5 Å². The number of nitrogens with one attached hydrogen (secondary N) is 1. The van der Waals surface area contributed by atoms with E-state index in [1.807, 2.05) is 43.3 Å². The molecule has 31 heavy (non-hydrogen) atoms. The zero-order valence-corrected chi connectivity index (χ0v) is 17.2. The molecular formula is C24H23N3O4. The molecule has 0 aliphatic rings. The average Bonchev–Trinajstić information content (AvgIpc) is 2.78. The Kier molecular flexibility index (Phi) is 7.48. The predicted molar refractivity (Wildman–Crippen MR) is 120 cm³/mol. The number of carbonyl (C=O) groups is 1. The zero-order chi connectivity index (χ0) is 22.1. The van der Waals surface area contributed by atoms with Crippen molar-refractivity contribution in [2.75, 3.05) is 11.9 Å². The van der Waals surface area contributed by atoms with Gasteiger partial charge in [-0.2, -0.15) is 0 Å². The van der Waals surface area contributed by atoms with Crippen molar-refractivity contribution in [1.29, 1.82) is 0 Å². The summed E-state index contributed by atoms with van der Waals surface area (Å²) in [4.78, 5) is 27.0. The van der Waals surface area contributed by atoms with Gasteiger partial charge in [0.05, 0.1) is 11.5 Å². The van der Waals surface area contributed by atoms with E-state index in [9.17, 15) is 14.9 Å². The van der Waals surface area contributed by atoms with Crippen LogP contribution >= 0.6 is 0 Å². The molecular weight excluding hydrogens is 394 g/mol. The van der Waals surface area contributed by atoms with Crippen molar-refractivity contribution in [2.24, 2.45) is 0 Å². The van der Waals surface area contributed by atoms with Crippen molar-refractivity contribution < 1.29 is 14.5 Å². The molecule has 7 heteroatoms. The minimum Gasteiger partial charge on any atom is -0.487 e. The topological polar surface area (TPSA) is 94.4 Å². The molecule has 0 aliphatic heterocycles. The number of amides is 1. The van der Waals surface area contributed by atoms with Gasteiger partial charge in [0, 0.05) is 30.2 Å². The quantitative estimate of drug-likeness (QED) is 0.300. The van der Waals surface area contributed by atoms with E-state index in [1.165, 1.54) is 18.2 Å². The lowest BCUT2D eigenvalue weighted by molar-refractivity contribution is -0.385. The Bertz CT molecular complexity index is 1060. The summed E-state index contributed by atoms with van der Waals surface area (Å²) in [6, 6.07) is 16.1. The van der Waals surface area contributed by atoms with Gasteiger partial charge in [-0.25, -0.2) is 0 Å². The summed E-state index contributed by atoms with van der Waals surface area (Å²) in [5, 5.41) is 14.1. The molecule has 0 fully saturated rings. The molecule has 1 amide bonds. The number of ether oxygens (including phenoxy) is 1. The summed E-state index contributed by atoms with van der Waals surface area (Å²) in [6.45, 7) is 2.33. The lowest BCUT2D eigenvalue weighted by atomic mass is 10.1. The predicted octanol–water partition coefficient (Wildman–Crippen LogP) is 5.02. The van der Waals surface area contributed by atoms with Gasteiger partial charge < -0.3 is 10.1 Å². The second-order valence-electron chi connectivity index (χ2n) is 6.88. The van der Waals surface area contributed by atoms with E-state index in [0.29, 0.717) is 17.9 Å². The van der Waals surface area contributed by atoms with Gasteiger partial charge in [0.1, 0.15) is 0 Å². The molecule has 0 radical (unpaired) electrons. The summed E-state index contributed by atoms with van der Waals surface area (Å²) in [5.41, 5.74) is 3.37. The molecule has 3 aromatic rings. The molecule has 7 nitrogen and oxygen atoms in total. The van der Waals surface area contributed by atoms with Gasteiger partial charge in [-0.1, -0.05) is 25.1 Å². The van der Waals surface area contributed by atoms with Gasteiger partial charge in [-0.05, 0) is 65.9 Å². The number of carbonyl (C=O) groups excluding carboxylic acids is 1. The number of rotatable bonds is 9. The first kappa shape index (κ1) is 21.7. The van der Waals surface area contributed by atoms with Crippen LogP contribution in [0, 0.1) is 10.1 Å². The highest BCUT2D eigenvalue weighted by Crippen LogP contribution is 2.28. The lowest BCUT2D eigenvalue weighted by Gasteiger charge is -2.06. The molecule has 0 saturated carbocycles. The van der Waals surface area contributed by atoms with Crippen molar-refractivity contribution in [3.63, 3.8) is 0 Å². The van der Waals surface area contributed by atoms with E-state index >= 15 is 0 Å². The SMILES string of the molecule is CCCOc1ccc(/C=C/C(=O)Nc2ccc(Cc3ccncc3)cc2)cc1[N+](=O)[O-]. The molecule has 158 valence electrons.